The van der Waals surface area contributed by atoms with Gasteiger partial charge >= 0.3 is 0 Å². The number of allylic oxidation sites excluding steroid dienone is 3. The minimum atomic E-state index is 0.689. The fourth-order valence-corrected chi connectivity index (χ4v) is 3.75. The molecule has 0 amide bonds. The largest absolute Gasteiger partial charge is 0.312 e. The second-order valence-corrected chi connectivity index (χ2v) is 7.03. The molecule has 0 aromatic heterocycles. The molecule has 0 saturated carbocycles. The van der Waals surface area contributed by atoms with Crippen molar-refractivity contribution in [3.8, 4) is 0 Å². The van der Waals surface area contributed by atoms with Crippen molar-refractivity contribution >= 4 is 0 Å². The molecule has 1 aliphatic heterocycles. The van der Waals surface area contributed by atoms with Crippen LogP contribution in [0.15, 0.2) is 48.1 Å². The highest BCUT2D eigenvalue weighted by Gasteiger charge is 2.21. The lowest BCUT2D eigenvalue weighted by Crippen LogP contribution is -2.26. The van der Waals surface area contributed by atoms with E-state index in [1.807, 2.05) is 6.08 Å². The maximum absolute atomic E-state index is 4.05. The Kier molecular flexibility index (Phi) is 11.6. The topological polar surface area (TPSA) is 12.0 Å². The van der Waals surface area contributed by atoms with Gasteiger partial charge in [-0.2, -0.15) is 0 Å². The lowest BCUT2D eigenvalue weighted by Gasteiger charge is -2.28. The lowest BCUT2D eigenvalue weighted by atomic mass is 9.80. The number of rotatable bonds is 13. The molecule has 1 unspecified atom stereocenters. The molecular weight excluding hydrogens is 290 g/mol. The van der Waals surface area contributed by atoms with E-state index in [1.165, 1.54) is 63.4 Å². The van der Waals surface area contributed by atoms with E-state index in [2.05, 4.69) is 44.5 Å². The maximum Gasteiger partial charge on any atom is 0.0208 e. The van der Waals surface area contributed by atoms with Crippen LogP contribution in [0.2, 0.25) is 0 Å². The van der Waals surface area contributed by atoms with E-state index in [0.717, 1.165) is 19.5 Å². The van der Waals surface area contributed by atoms with Gasteiger partial charge in [0.1, 0.15) is 0 Å². The molecule has 0 saturated heterocycles. The predicted molar refractivity (Wildman–Crippen MR) is 109 cm³/mol. The minimum Gasteiger partial charge on any atom is -0.312 e. The molecule has 0 aliphatic carbocycles. The molecule has 136 valence electrons. The Balaban J connectivity index is 2.93. The van der Waals surface area contributed by atoms with Gasteiger partial charge in [-0.25, -0.2) is 0 Å². The van der Waals surface area contributed by atoms with Crippen LogP contribution in [-0.2, 0) is 0 Å². The third-order valence-electron chi connectivity index (χ3n) is 5.15. The molecule has 1 aliphatic rings. The molecular formula is C23H39N. The zero-order chi connectivity index (χ0) is 17.6. The van der Waals surface area contributed by atoms with E-state index in [4.69, 9.17) is 0 Å². The van der Waals surface area contributed by atoms with Crippen molar-refractivity contribution < 1.29 is 0 Å². The van der Waals surface area contributed by atoms with Gasteiger partial charge in [-0.15, -0.1) is 0 Å². The van der Waals surface area contributed by atoms with Crippen molar-refractivity contribution in [2.45, 2.75) is 78.1 Å². The highest BCUT2D eigenvalue weighted by molar-refractivity contribution is 5.44. The van der Waals surface area contributed by atoms with Gasteiger partial charge in [0.05, 0.1) is 0 Å². The molecule has 1 heterocycles. The summed E-state index contributed by atoms with van der Waals surface area (Å²) in [5.41, 5.74) is 4.48. The van der Waals surface area contributed by atoms with Crippen molar-refractivity contribution in [2.24, 2.45) is 5.92 Å². The predicted octanol–water partition coefficient (Wildman–Crippen LogP) is 6.74. The summed E-state index contributed by atoms with van der Waals surface area (Å²) >= 11 is 0. The van der Waals surface area contributed by atoms with Crippen LogP contribution in [0.5, 0.6) is 0 Å². The van der Waals surface area contributed by atoms with Crippen LogP contribution in [0.3, 0.4) is 0 Å². The van der Waals surface area contributed by atoms with E-state index >= 15 is 0 Å². The van der Waals surface area contributed by atoms with Gasteiger partial charge in [0.2, 0.25) is 0 Å². The number of unbranched alkanes of at least 4 members (excludes halogenated alkanes) is 5. The molecule has 0 spiro atoms. The van der Waals surface area contributed by atoms with E-state index in [1.54, 1.807) is 11.1 Å². The summed E-state index contributed by atoms with van der Waals surface area (Å²) in [5.74, 6) is 0.689. The Bertz CT molecular complexity index is 427. The Hall–Kier alpha value is -1.08. The third-order valence-corrected chi connectivity index (χ3v) is 5.15. The SMILES string of the molecule is C=C/C=C(\C1=C(C=C)CNCC1)C(CCCCC)CCCCCC. The zero-order valence-corrected chi connectivity index (χ0v) is 16.2. The van der Waals surface area contributed by atoms with Crippen LogP contribution in [0.4, 0.5) is 0 Å². The molecule has 1 N–H and O–H groups in total. The quantitative estimate of drug-likeness (QED) is 0.291. The molecule has 1 rings (SSSR count). The van der Waals surface area contributed by atoms with Crippen LogP contribution >= 0.6 is 0 Å². The minimum absolute atomic E-state index is 0.689. The lowest BCUT2D eigenvalue weighted by molar-refractivity contribution is 0.457. The van der Waals surface area contributed by atoms with Crippen LogP contribution in [-0.4, -0.2) is 13.1 Å². The molecule has 0 fully saturated rings. The van der Waals surface area contributed by atoms with Gasteiger partial charge < -0.3 is 5.32 Å². The number of nitrogens with one attached hydrogen (secondary N) is 1. The Morgan fingerprint density at radius 3 is 2.33 bits per heavy atom. The molecule has 0 bridgehead atoms. The molecule has 0 aromatic carbocycles. The highest BCUT2D eigenvalue weighted by atomic mass is 14.9. The van der Waals surface area contributed by atoms with Crippen molar-refractivity contribution in [1.29, 1.82) is 0 Å². The van der Waals surface area contributed by atoms with Crippen LogP contribution in [0.1, 0.15) is 78.1 Å². The van der Waals surface area contributed by atoms with Crippen LogP contribution < -0.4 is 5.32 Å². The van der Waals surface area contributed by atoms with E-state index in [-0.39, 0.29) is 0 Å². The van der Waals surface area contributed by atoms with Crippen LogP contribution in [0.25, 0.3) is 0 Å². The first-order chi connectivity index (χ1) is 11.8. The average Bonchev–Trinajstić information content (AvgIpc) is 2.62. The molecule has 1 atom stereocenters. The molecule has 1 nitrogen and oxygen atoms in total. The van der Waals surface area contributed by atoms with Gasteiger partial charge in [0.15, 0.2) is 0 Å². The first-order valence-corrected chi connectivity index (χ1v) is 10.2. The summed E-state index contributed by atoms with van der Waals surface area (Å²) in [6.07, 6.45) is 19.5. The summed E-state index contributed by atoms with van der Waals surface area (Å²) in [6, 6.07) is 0. The third kappa shape index (κ3) is 7.21. The Morgan fingerprint density at radius 2 is 1.71 bits per heavy atom. The van der Waals surface area contributed by atoms with E-state index in [0.29, 0.717) is 5.92 Å². The highest BCUT2D eigenvalue weighted by Crippen LogP contribution is 2.34. The summed E-state index contributed by atoms with van der Waals surface area (Å²) in [6.45, 7) is 14.7. The van der Waals surface area contributed by atoms with Crippen molar-refractivity contribution in [3.05, 3.63) is 48.1 Å². The standard InChI is InChI=1S/C23H39N/c1-5-9-11-13-16-21(15-12-10-6-2)22(14-7-3)23-17-18-24-19-20(23)8-4/h7-8,14,21,24H,3-6,9-13,15-19H2,1-2H3/b22-14-. The summed E-state index contributed by atoms with van der Waals surface area (Å²) < 4.78 is 0. The molecule has 1 heteroatoms. The van der Waals surface area contributed by atoms with Gasteiger partial charge in [-0.3, -0.25) is 0 Å². The summed E-state index contributed by atoms with van der Waals surface area (Å²) in [4.78, 5) is 0. The fourth-order valence-electron chi connectivity index (χ4n) is 3.75. The summed E-state index contributed by atoms with van der Waals surface area (Å²) in [5, 5.41) is 3.48. The second kappa shape index (κ2) is 13.2. The Labute approximate surface area is 151 Å². The van der Waals surface area contributed by atoms with Crippen LogP contribution in [0, 0.1) is 5.92 Å². The van der Waals surface area contributed by atoms with Crippen molar-refractivity contribution in [1.82, 2.24) is 5.32 Å². The second-order valence-electron chi connectivity index (χ2n) is 7.03. The number of hydrogen-bond acceptors (Lipinski definition) is 1. The number of hydrogen-bond donors (Lipinski definition) is 1. The maximum atomic E-state index is 4.05. The molecule has 0 aromatic rings. The Morgan fingerprint density at radius 1 is 1.04 bits per heavy atom. The average molecular weight is 330 g/mol. The zero-order valence-electron chi connectivity index (χ0n) is 16.2. The smallest absolute Gasteiger partial charge is 0.0208 e. The molecule has 24 heavy (non-hydrogen) atoms. The fraction of sp³-hybridized carbons (Fsp3) is 0.652. The van der Waals surface area contributed by atoms with Gasteiger partial charge in [-0.1, -0.05) is 90.2 Å². The molecule has 0 radical (unpaired) electrons. The van der Waals surface area contributed by atoms with Gasteiger partial charge in [0.25, 0.3) is 0 Å². The van der Waals surface area contributed by atoms with E-state index in [9.17, 15) is 0 Å². The van der Waals surface area contributed by atoms with Crippen molar-refractivity contribution in [3.63, 3.8) is 0 Å². The summed E-state index contributed by atoms with van der Waals surface area (Å²) in [7, 11) is 0. The van der Waals surface area contributed by atoms with Gasteiger partial charge in [0, 0.05) is 6.54 Å². The normalized spacial score (nSPS) is 17.0. The van der Waals surface area contributed by atoms with Gasteiger partial charge in [-0.05, 0) is 48.4 Å². The monoisotopic (exact) mass is 329 g/mol. The first kappa shape index (κ1) is 21.0. The van der Waals surface area contributed by atoms with Crippen molar-refractivity contribution in [2.75, 3.05) is 13.1 Å². The first-order valence-electron chi connectivity index (χ1n) is 10.2. The van der Waals surface area contributed by atoms with E-state index < -0.39 is 0 Å².